The van der Waals surface area contributed by atoms with Gasteiger partial charge in [0.2, 0.25) is 5.88 Å². The third kappa shape index (κ3) is 3.19. The molecule has 7 heteroatoms. The van der Waals surface area contributed by atoms with E-state index < -0.39 is 17.3 Å². The third-order valence-corrected chi connectivity index (χ3v) is 2.86. The fourth-order valence-electron chi connectivity index (χ4n) is 1.34. The van der Waals surface area contributed by atoms with Crippen LogP contribution in [0.5, 0.6) is 11.6 Å². The molecule has 1 heterocycles. The van der Waals surface area contributed by atoms with E-state index in [4.69, 9.17) is 9.84 Å². The summed E-state index contributed by atoms with van der Waals surface area (Å²) in [6, 6.07) is 5.12. The molecule has 1 N–H and O–H groups in total. The first kappa shape index (κ1) is 13.3. The highest BCUT2D eigenvalue weighted by molar-refractivity contribution is 7.98. The quantitative estimate of drug-likeness (QED) is 0.686. The van der Waals surface area contributed by atoms with Crippen LogP contribution in [0.4, 0.5) is 4.39 Å². The van der Waals surface area contributed by atoms with E-state index in [1.54, 1.807) is 6.07 Å². The zero-order valence-corrected chi connectivity index (χ0v) is 10.6. The van der Waals surface area contributed by atoms with Crippen LogP contribution in [-0.2, 0) is 0 Å². The van der Waals surface area contributed by atoms with Gasteiger partial charge in [-0.2, -0.15) is 0 Å². The maximum atomic E-state index is 13.5. The van der Waals surface area contributed by atoms with E-state index in [-0.39, 0.29) is 11.6 Å². The maximum absolute atomic E-state index is 13.5. The summed E-state index contributed by atoms with van der Waals surface area (Å²) in [5.74, 6) is -1.74. The lowest BCUT2D eigenvalue weighted by atomic mass is 10.2. The number of carboxylic acid groups (broad SMARTS) is 1. The van der Waals surface area contributed by atoms with Crippen LogP contribution in [0.3, 0.4) is 0 Å². The Kier molecular flexibility index (Phi) is 3.96. The predicted octanol–water partition coefficient (Wildman–Crippen LogP) is 2.83. The number of carboxylic acids is 1. The number of rotatable bonds is 4. The summed E-state index contributed by atoms with van der Waals surface area (Å²) < 4.78 is 18.8. The molecule has 0 saturated carbocycles. The molecule has 98 valence electrons. The Hall–Kier alpha value is -2.15. The second-order valence-corrected chi connectivity index (χ2v) is 4.27. The van der Waals surface area contributed by atoms with Crippen molar-refractivity contribution < 1.29 is 19.0 Å². The largest absolute Gasteiger partial charge is 0.478 e. The molecule has 2 rings (SSSR count). The van der Waals surface area contributed by atoms with Crippen LogP contribution in [-0.4, -0.2) is 27.3 Å². The smallest absolute Gasteiger partial charge is 0.338 e. The molecular weight excluding hydrogens is 271 g/mol. The Bertz CT molecular complexity index is 622. The van der Waals surface area contributed by atoms with Gasteiger partial charge in [0.25, 0.3) is 0 Å². The highest BCUT2D eigenvalue weighted by Crippen LogP contribution is 2.23. The van der Waals surface area contributed by atoms with Gasteiger partial charge >= 0.3 is 5.97 Å². The topological polar surface area (TPSA) is 72.3 Å². The summed E-state index contributed by atoms with van der Waals surface area (Å²) in [5, 5.41) is 9.43. The summed E-state index contributed by atoms with van der Waals surface area (Å²) in [6.07, 6.45) is 3.19. The van der Waals surface area contributed by atoms with Crippen LogP contribution in [0.25, 0.3) is 0 Å². The van der Waals surface area contributed by atoms with Crippen molar-refractivity contribution in [1.29, 1.82) is 0 Å². The number of hydrogen-bond donors (Lipinski definition) is 1. The molecule has 5 nitrogen and oxygen atoms in total. The Morgan fingerprint density at radius 1 is 1.37 bits per heavy atom. The first-order valence-corrected chi connectivity index (χ1v) is 6.39. The van der Waals surface area contributed by atoms with Crippen molar-refractivity contribution in [1.82, 2.24) is 9.97 Å². The van der Waals surface area contributed by atoms with Crippen LogP contribution in [0.15, 0.2) is 35.6 Å². The average Bonchev–Trinajstić information content (AvgIpc) is 2.38. The van der Waals surface area contributed by atoms with Gasteiger partial charge in [0.05, 0.1) is 5.56 Å². The molecule has 0 amide bonds. The highest BCUT2D eigenvalue weighted by atomic mass is 32.2. The van der Waals surface area contributed by atoms with Crippen molar-refractivity contribution in [3.63, 3.8) is 0 Å². The van der Waals surface area contributed by atoms with Crippen molar-refractivity contribution in [2.24, 2.45) is 0 Å². The van der Waals surface area contributed by atoms with Gasteiger partial charge < -0.3 is 9.84 Å². The van der Waals surface area contributed by atoms with Crippen LogP contribution in [0.1, 0.15) is 10.4 Å². The van der Waals surface area contributed by atoms with Crippen molar-refractivity contribution in [2.45, 2.75) is 5.03 Å². The van der Waals surface area contributed by atoms with E-state index in [9.17, 15) is 9.18 Å². The van der Waals surface area contributed by atoms with Gasteiger partial charge in [0, 0.05) is 12.1 Å². The summed E-state index contributed by atoms with van der Waals surface area (Å²) >= 11 is 1.42. The van der Waals surface area contributed by atoms with Crippen molar-refractivity contribution in [3.05, 3.63) is 42.0 Å². The first-order valence-electron chi connectivity index (χ1n) is 5.17. The van der Waals surface area contributed by atoms with E-state index in [0.29, 0.717) is 5.03 Å². The number of halogens is 1. The van der Waals surface area contributed by atoms with Gasteiger partial charge in [-0.1, -0.05) is 0 Å². The molecule has 0 bridgehead atoms. The van der Waals surface area contributed by atoms with Crippen LogP contribution >= 0.6 is 11.8 Å². The molecule has 0 aliphatic carbocycles. The fourth-order valence-corrected chi connectivity index (χ4v) is 1.72. The molecule has 1 aromatic carbocycles. The molecule has 0 aliphatic rings. The number of aromatic carboxylic acids is 1. The molecule has 0 unspecified atom stereocenters. The third-order valence-electron chi connectivity index (χ3n) is 2.22. The molecular formula is C12H9FN2O3S. The normalized spacial score (nSPS) is 10.2. The standard InChI is InChI=1S/C12H9FN2O3S/c1-19-11-5-10(14-6-15-11)18-7-2-3-8(12(16)17)9(13)4-7/h2-6H,1H3,(H,16,17). The number of aromatic nitrogens is 2. The molecule has 1 aromatic heterocycles. The minimum absolute atomic E-state index is 0.174. The van der Waals surface area contributed by atoms with Gasteiger partial charge in [-0.3, -0.25) is 0 Å². The van der Waals surface area contributed by atoms with E-state index in [1.165, 1.54) is 24.2 Å². The predicted molar refractivity (Wildman–Crippen MR) is 67.2 cm³/mol. The minimum atomic E-state index is -1.32. The molecule has 19 heavy (non-hydrogen) atoms. The van der Waals surface area contributed by atoms with E-state index in [0.717, 1.165) is 12.1 Å². The minimum Gasteiger partial charge on any atom is -0.478 e. The number of thioether (sulfide) groups is 1. The molecule has 0 spiro atoms. The highest BCUT2D eigenvalue weighted by Gasteiger charge is 2.11. The van der Waals surface area contributed by atoms with Crippen LogP contribution in [0, 0.1) is 5.82 Å². The molecule has 0 atom stereocenters. The second-order valence-electron chi connectivity index (χ2n) is 3.45. The Morgan fingerprint density at radius 3 is 2.79 bits per heavy atom. The van der Waals surface area contributed by atoms with Crippen LogP contribution in [0.2, 0.25) is 0 Å². The molecule has 2 aromatic rings. The number of carbonyl (C=O) groups is 1. The number of hydrogen-bond acceptors (Lipinski definition) is 5. The molecule has 0 aliphatic heterocycles. The summed E-state index contributed by atoms with van der Waals surface area (Å²) in [7, 11) is 0. The van der Waals surface area contributed by atoms with Crippen LogP contribution < -0.4 is 4.74 Å². The van der Waals surface area contributed by atoms with Crippen molar-refractivity contribution >= 4 is 17.7 Å². The van der Waals surface area contributed by atoms with E-state index in [1.807, 2.05) is 6.26 Å². The number of benzene rings is 1. The van der Waals surface area contributed by atoms with Gasteiger partial charge in [0.15, 0.2) is 0 Å². The molecule has 0 saturated heterocycles. The monoisotopic (exact) mass is 280 g/mol. The maximum Gasteiger partial charge on any atom is 0.338 e. The summed E-state index contributed by atoms with van der Waals surface area (Å²) in [4.78, 5) is 18.5. The number of nitrogens with zero attached hydrogens (tertiary/aromatic N) is 2. The molecule has 0 radical (unpaired) electrons. The Balaban J connectivity index is 2.23. The Morgan fingerprint density at radius 2 is 2.16 bits per heavy atom. The lowest BCUT2D eigenvalue weighted by Gasteiger charge is -2.06. The lowest BCUT2D eigenvalue weighted by molar-refractivity contribution is 0.0692. The average molecular weight is 280 g/mol. The van der Waals surface area contributed by atoms with E-state index in [2.05, 4.69) is 9.97 Å². The zero-order valence-electron chi connectivity index (χ0n) is 9.83. The SMILES string of the molecule is CSc1cc(Oc2ccc(C(=O)O)c(F)c2)ncn1. The molecule has 0 fully saturated rings. The summed E-state index contributed by atoms with van der Waals surface area (Å²) in [6.45, 7) is 0. The summed E-state index contributed by atoms with van der Waals surface area (Å²) in [5.41, 5.74) is -0.403. The second kappa shape index (κ2) is 5.66. The van der Waals surface area contributed by atoms with Crippen molar-refractivity contribution in [3.8, 4) is 11.6 Å². The van der Waals surface area contributed by atoms with Gasteiger partial charge in [-0.25, -0.2) is 19.2 Å². The lowest BCUT2D eigenvalue weighted by Crippen LogP contribution is -2.00. The first-order chi connectivity index (χ1) is 9.10. The van der Waals surface area contributed by atoms with Gasteiger partial charge in [-0.05, 0) is 18.4 Å². The Labute approximate surface area is 112 Å². The number of ether oxygens (including phenoxy) is 1. The van der Waals surface area contributed by atoms with Crippen molar-refractivity contribution in [2.75, 3.05) is 6.26 Å². The van der Waals surface area contributed by atoms with Gasteiger partial charge in [-0.15, -0.1) is 11.8 Å². The van der Waals surface area contributed by atoms with Gasteiger partial charge in [0.1, 0.15) is 22.9 Å². The van der Waals surface area contributed by atoms with E-state index >= 15 is 0 Å². The zero-order chi connectivity index (χ0) is 13.8. The fraction of sp³-hybridized carbons (Fsp3) is 0.0833.